The maximum Gasteiger partial charge on any atom is 0.248 e. The second-order valence-electron chi connectivity index (χ2n) is 5.33. The van der Waals surface area contributed by atoms with Crippen molar-refractivity contribution >= 4 is 23.3 Å². The van der Waals surface area contributed by atoms with E-state index in [0.717, 1.165) is 41.7 Å². The van der Waals surface area contributed by atoms with E-state index in [4.69, 9.17) is 10.5 Å². The van der Waals surface area contributed by atoms with Gasteiger partial charge in [-0.25, -0.2) is 4.98 Å². The zero-order valence-electron chi connectivity index (χ0n) is 12.9. The summed E-state index contributed by atoms with van der Waals surface area (Å²) in [5.41, 5.74) is 7.92. The summed E-state index contributed by atoms with van der Waals surface area (Å²) < 4.78 is 5.89. The van der Waals surface area contributed by atoms with Crippen molar-refractivity contribution < 1.29 is 4.74 Å². The standard InChI is InChI=1S/C16H20N4OS/c1-11-4-3-5-13(10-11)21-16-14(17)15(18-12(2)19-16)20-6-8-22-9-7-20/h3-5,10H,6-9,17H2,1-2H3. The number of hydrogen-bond acceptors (Lipinski definition) is 6. The van der Waals surface area contributed by atoms with E-state index < -0.39 is 0 Å². The van der Waals surface area contributed by atoms with Crippen molar-refractivity contribution in [1.29, 1.82) is 0 Å². The van der Waals surface area contributed by atoms with Gasteiger partial charge >= 0.3 is 0 Å². The fourth-order valence-corrected chi connectivity index (χ4v) is 3.33. The number of nitrogen functional groups attached to an aromatic ring is 1. The number of aryl methyl sites for hydroxylation is 2. The molecule has 1 aliphatic rings. The molecule has 116 valence electrons. The van der Waals surface area contributed by atoms with Gasteiger partial charge in [0.2, 0.25) is 5.88 Å². The number of ether oxygens (including phenoxy) is 1. The fraction of sp³-hybridized carbons (Fsp3) is 0.375. The van der Waals surface area contributed by atoms with E-state index in [9.17, 15) is 0 Å². The van der Waals surface area contributed by atoms with Crippen molar-refractivity contribution in [3.05, 3.63) is 35.7 Å². The molecule has 0 bridgehead atoms. The quantitative estimate of drug-likeness (QED) is 0.939. The molecule has 1 fully saturated rings. The number of nitrogens with zero attached hydrogens (tertiary/aromatic N) is 3. The molecule has 0 atom stereocenters. The largest absolute Gasteiger partial charge is 0.437 e. The summed E-state index contributed by atoms with van der Waals surface area (Å²) in [6.45, 7) is 5.80. The van der Waals surface area contributed by atoms with Gasteiger partial charge in [-0.05, 0) is 31.5 Å². The Morgan fingerprint density at radius 3 is 2.68 bits per heavy atom. The lowest BCUT2D eigenvalue weighted by Gasteiger charge is -2.28. The van der Waals surface area contributed by atoms with Crippen LogP contribution in [-0.2, 0) is 0 Å². The average Bonchev–Trinajstić information content (AvgIpc) is 2.51. The van der Waals surface area contributed by atoms with E-state index in [-0.39, 0.29) is 0 Å². The first-order valence-corrected chi connectivity index (χ1v) is 8.50. The predicted octanol–water partition coefficient (Wildman–Crippen LogP) is 3.02. The van der Waals surface area contributed by atoms with E-state index >= 15 is 0 Å². The van der Waals surface area contributed by atoms with Crippen LogP contribution in [0.2, 0.25) is 0 Å². The van der Waals surface area contributed by atoms with Crippen LogP contribution in [0.4, 0.5) is 11.5 Å². The minimum Gasteiger partial charge on any atom is -0.437 e. The maximum atomic E-state index is 6.27. The van der Waals surface area contributed by atoms with Gasteiger partial charge in [-0.15, -0.1) is 0 Å². The van der Waals surface area contributed by atoms with Gasteiger partial charge in [0.1, 0.15) is 17.3 Å². The molecule has 0 spiro atoms. The summed E-state index contributed by atoms with van der Waals surface area (Å²) in [5.74, 6) is 4.82. The number of aromatic nitrogens is 2. The van der Waals surface area contributed by atoms with Crippen molar-refractivity contribution in [2.45, 2.75) is 13.8 Å². The van der Waals surface area contributed by atoms with Crippen molar-refractivity contribution in [1.82, 2.24) is 9.97 Å². The van der Waals surface area contributed by atoms with Gasteiger partial charge in [0.05, 0.1) is 0 Å². The Kier molecular flexibility index (Phi) is 4.38. The first-order chi connectivity index (χ1) is 10.6. The molecule has 1 aliphatic heterocycles. The van der Waals surface area contributed by atoms with Crippen LogP contribution in [0.5, 0.6) is 11.6 Å². The van der Waals surface area contributed by atoms with Crippen LogP contribution in [-0.4, -0.2) is 34.6 Å². The van der Waals surface area contributed by atoms with Gasteiger partial charge in [-0.1, -0.05) is 12.1 Å². The van der Waals surface area contributed by atoms with Gasteiger partial charge in [0, 0.05) is 24.6 Å². The van der Waals surface area contributed by atoms with Gasteiger partial charge in [0.25, 0.3) is 0 Å². The van der Waals surface area contributed by atoms with Crippen LogP contribution in [0.25, 0.3) is 0 Å². The fourth-order valence-electron chi connectivity index (χ4n) is 2.43. The Morgan fingerprint density at radius 1 is 1.18 bits per heavy atom. The van der Waals surface area contributed by atoms with E-state index in [1.165, 1.54) is 0 Å². The van der Waals surface area contributed by atoms with Crippen LogP contribution in [0.15, 0.2) is 24.3 Å². The molecule has 1 aromatic carbocycles. The zero-order chi connectivity index (χ0) is 15.5. The van der Waals surface area contributed by atoms with Crippen molar-refractivity contribution in [3.8, 4) is 11.6 Å². The Hall–Kier alpha value is -1.95. The third-order valence-corrected chi connectivity index (χ3v) is 4.46. The molecule has 1 saturated heterocycles. The number of hydrogen-bond donors (Lipinski definition) is 1. The van der Waals surface area contributed by atoms with Gasteiger partial charge < -0.3 is 15.4 Å². The summed E-state index contributed by atoms with van der Waals surface area (Å²) in [6, 6.07) is 7.85. The lowest BCUT2D eigenvalue weighted by molar-refractivity contribution is 0.462. The van der Waals surface area contributed by atoms with Crippen LogP contribution in [0.1, 0.15) is 11.4 Å². The van der Waals surface area contributed by atoms with E-state index in [1.807, 2.05) is 49.9 Å². The van der Waals surface area contributed by atoms with Crippen molar-refractivity contribution in [3.63, 3.8) is 0 Å². The summed E-state index contributed by atoms with van der Waals surface area (Å²) >= 11 is 1.95. The molecule has 0 aliphatic carbocycles. The lowest BCUT2D eigenvalue weighted by Crippen LogP contribution is -2.34. The van der Waals surface area contributed by atoms with Crippen molar-refractivity contribution in [2.24, 2.45) is 0 Å². The van der Waals surface area contributed by atoms with E-state index in [2.05, 4.69) is 14.9 Å². The number of thioether (sulfide) groups is 1. The van der Waals surface area contributed by atoms with Crippen LogP contribution in [0, 0.1) is 13.8 Å². The third-order valence-electron chi connectivity index (χ3n) is 3.52. The molecular weight excluding hydrogens is 296 g/mol. The summed E-state index contributed by atoms with van der Waals surface area (Å²) in [4.78, 5) is 11.1. The SMILES string of the molecule is Cc1cccc(Oc2nc(C)nc(N3CCSCC3)c2N)c1. The minimum absolute atomic E-state index is 0.436. The summed E-state index contributed by atoms with van der Waals surface area (Å²) in [6.07, 6.45) is 0. The number of rotatable bonds is 3. The molecule has 0 radical (unpaired) electrons. The highest BCUT2D eigenvalue weighted by Gasteiger charge is 2.20. The smallest absolute Gasteiger partial charge is 0.248 e. The molecular formula is C16H20N4OS. The Bertz CT molecular complexity index is 671. The number of nitrogens with two attached hydrogens (primary N) is 1. The average molecular weight is 316 g/mol. The highest BCUT2D eigenvalue weighted by Crippen LogP contribution is 2.33. The molecule has 0 unspecified atom stereocenters. The molecule has 1 aromatic heterocycles. The molecule has 3 rings (SSSR count). The summed E-state index contributed by atoms with van der Waals surface area (Å²) in [7, 11) is 0. The van der Waals surface area contributed by atoms with Crippen LogP contribution in [0.3, 0.4) is 0 Å². The first kappa shape index (κ1) is 15.0. The van der Waals surface area contributed by atoms with Crippen molar-refractivity contribution in [2.75, 3.05) is 35.2 Å². The number of anilines is 2. The molecule has 22 heavy (non-hydrogen) atoms. The zero-order valence-corrected chi connectivity index (χ0v) is 13.7. The monoisotopic (exact) mass is 316 g/mol. The Morgan fingerprint density at radius 2 is 1.95 bits per heavy atom. The molecule has 0 saturated carbocycles. The first-order valence-electron chi connectivity index (χ1n) is 7.35. The lowest BCUT2D eigenvalue weighted by atomic mass is 10.2. The number of benzene rings is 1. The molecule has 0 amide bonds. The Labute approximate surface area is 134 Å². The topological polar surface area (TPSA) is 64.3 Å². The Balaban J connectivity index is 1.92. The highest BCUT2D eigenvalue weighted by molar-refractivity contribution is 7.99. The third kappa shape index (κ3) is 3.27. The summed E-state index contributed by atoms with van der Waals surface area (Å²) in [5, 5.41) is 0. The van der Waals surface area contributed by atoms with Gasteiger partial charge in [-0.3, -0.25) is 0 Å². The van der Waals surface area contributed by atoms with Crippen LogP contribution >= 0.6 is 11.8 Å². The van der Waals surface area contributed by atoms with Gasteiger partial charge in [0.15, 0.2) is 5.82 Å². The maximum absolute atomic E-state index is 6.27. The normalized spacial score (nSPS) is 14.9. The second kappa shape index (κ2) is 6.44. The van der Waals surface area contributed by atoms with E-state index in [1.54, 1.807) is 0 Å². The molecule has 2 N–H and O–H groups in total. The second-order valence-corrected chi connectivity index (χ2v) is 6.56. The molecule has 2 heterocycles. The van der Waals surface area contributed by atoms with Gasteiger partial charge in [-0.2, -0.15) is 16.7 Å². The molecule has 5 nitrogen and oxygen atoms in total. The highest BCUT2D eigenvalue weighted by atomic mass is 32.2. The predicted molar refractivity (Wildman–Crippen MR) is 92.0 cm³/mol. The molecule has 6 heteroatoms. The minimum atomic E-state index is 0.436. The molecule has 2 aromatic rings. The van der Waals surface area contributed by atoms with Crippen LogP contribution < -0.4 is 15.4 Å². The van der Waals surface area contributed by atoms with E-state index in [0.29, 0.717) is 17.4 Å².